The summed E-state index contributed by atoms with van der Waals surface area (Å²) in [6.45, 7) is 4.15. The molecule has 6 heteroatoms. The second kappa shape index (κ2) is 10.1. The molecule has 5 nitrogen and oxygen atoms in total. The highest BCUT2D eigenvalue weighted by Crippen LogP contribution is 2.21. The van der Waals surface area contributed by atoms with E-state index >= 15 is 0 Å². The summed E-state index contributed by atoms with van der Waals surface area (Å²) in [6, 6.07) is 5.28. The van der Waals surface area contributed by atoms with E-state index in [0.29, 0.717) is 23.7 Å². The topological polar surface area (TPSA) is 75.6 Å². The first-order valence-corrected chi connectivity index (χ1v) is 8.20. The number of ether oxygens (including phenoxy) is 1. The molecule has 0 saturated heterocycles. The molecule has 1 rings (SSSR count). The molecule has 0 radical (unpaired) electrons. The van der Waals surface area contributed by atoms with Crippen LogP contribution in [0.4, 0.5) is 0 Å². The van der Waals surface area contributed by atoms with Gasteiger partial charge in [0.15, 0.2) is 6.10 Å². The van der Waals surface area contributed by atoms with Gasteiger partial charge in [-0.25, -0.2) is 0 Å². The van der Waals surface area contributed by atoms with Crippen LogP contribution in [0.15, 0.2) is 18.2 Å². The van der Waals surface area contributed by atoms with Gasteiger partial charge in [-0.3, -0.25) is 9.59 Å². The second-order valence-corrected chi connectivity index (χ2v) is 5.93. The van der Waals surface area contributed by atoms with Crippen LogP contribution in [0.3, 0.4) is 0 Å². The number of unbranched alkanes of at least 4 members (excludes halogenated alkanes) is 3. The molecule has 128 valence electrons. The number of hydrogen-bond acceptors (Lipinski definition) is 3. The fourth-order valence-corrected chi connectivity index (χ4v) is 2.18. The molecule has 1 amide bonds. The van der Waals surface area contributed by atoms with Crippen molar-refractivity contribution in [1.82, 2.24) is 5.32 Å². The van der Waals surface area contributed by atoms with E-state index in [4.69, 9.17) is 21.4 Å². The van der Waals surface area contributed by atoms with Gasteiger partial charge >= 0.3 is 5.97 Å². The maximum Gasteiger partial charge on any atom is 0.303 e. The van der Waals surface area contributed by atoms with E-state index in [0.717, 1.165) is 24.8 Å². The lowest BCUT2D eigenvalue weighted by Crippen LogP contribution is -2.36. The molecule has 1 unspecified atom stereocenters. The van der Waals surface area contributed by atoms with Crippen molar-refractivity contribution in [3.8, 4) is 5.75 Å². The molecule has 23 heavy (non-hydrogen) atoms. The summed E-state index contributed by atoms with van der Waals surface area (Å²) in [5.74, 6) is -0.312. The Morgan fingerprint density at radius 2 is 1.96 bits per heavy atom. The van der Waals surface area contributed by atoms with Crippen LogP contribution in [0.2, 0.25) is 5.02 Å². The fraction of sp³-hybridized carbons (Fsp3) is 0.529. The smallest absolute Gasteiger partial charge is 0.303 e. The Hall–Kier alpha value is -1.75. The first-order valence-electron chi connectivity index (χ1n) is 7.82. The quantitative estimate of drug-likeness (QED) is 0.638. The number of aliphatic carboxylic acids is 1. The second-order valence-electron chi connectivity index (χ2n) is 5.52. The Kier molecular flexibility index (Phi) is 8.48. The molecule has 1 aromatic rings. The monoisotopic (exact) mass is 341 g/mol. The Labute approximate surface area is 142 Å². The van der Waals surface area contributed by atoms with Crippen LogP contribution in [-0.4, -0.2) is 29.6 Å². The summed E-state index contributed by atoms with van der Waals surface area (Å²) in [7, 11) is 0. The molecule has 1 aromatic carbocycles. The van der Waals surface area contributed by atoms with E-state index in [1.165, 1.54) is 0 Å². The van der Waals surface area contributed by atoms with Gasteiger partial charge in [-0.2, -0.15) is 0 Å². The molecule has 1 atom stereocenters. The molecule has 0 fully saturated rings. The van der Waals surface area contributed by atoms with Gasteiger partial charge < -0.3 is 15.2 Å². The Morgan fingerprint density at radius 1 is 1.26 bits per heavy atom. The number of hydrogen-bond donors (Lipinski definition) is 2. The number of carboxylic acids is 1. The van der Waals surface area contributed by atoms with Crippen molar-refractivity contribution < 1.29 is 19.4 Å². The van der Waals surface area contributed by atoms with Crippen LogP contribution >= 0.6 is 11.6 Å². The van der Waals surface area contributed by atoms with Crippen molar-refractivity contribution >= 4 is 23.5 Å². The van der Waals surface area contributed by atoms with Crippen LogP contribution in [0.25, 0.3) is 0 Å². The molecule has 0 aromatic heterocycles. The average molecular weight is 342 g/mol. The molecular weight excluding hydrogens is 318 g/mol. The van der Waals surface area contributed by atoms with Gasteiger partial charge in [0.25, 0.3) is 5.91 Å². The largest absolute Gasteiger partial charge is 0.481 e. The lowest BCUT2D eigenvalue weighted by Gasteiger charge is -2.15. The van der Waals surface area contributed by atoms with Gasteiger partial charge in [-0.15, -0.1) is 0 Å². The van der Waals surface area contributed by atoms with Crippen molar-refractivity contribution in [2.24, 2.45) is 0 Å². The van der Waals surface area contributed by atoms with Gasteiger partial charge in [0.05, 0.1) is 0 Å². The number of nitrogens with one attached hydrogen (secondary N) is 1. The maximum atomic E-state index is 11.9. The number of rotatable bonds is 10. The summed E-state index contributed by atoms with van der Waals surface area (Å²) in [5.41, 5.74) is 0.901. The highest BCUT2D eigenvalue weighted by Gasteiger charge is 2.14. The molecule has 2 N–H and O–H groups in total. The molecule has 0 saturated carbocycles. The fourth-order valence-electron chi connectivity index (χ4n) is 2.06. The van der Waals surface area contributed by atoms with Crippen molar-refractivity contribution in [2.45, 2.75) is 52.1 Å². The Balaban J connectivity index is 2.21. The summed E-state index contributed by atoms with van der Waals surface area (Å²) in [4.78, 5) is 22.3. The van der Waals surface area contributed by atoms with E-state index in [9.17, 15) is 9.59 Å². The lowest BCUT2D eigenvalue weighted by atomic mass is 10.1. The SMILES string of the molecule is Cc1cc(OC(C)C(=O)NCCCCCCC(=O)O)ccc1Cl. The highest BCUT2D eigenvalue weighted by molar-refractivity contribution is 6.31. The summed E-state index contributed by atoms with van der Waals surface area (Å²) < 4.78 is 5.60. The van der Waals surface area contributed by atoms with Crippen LogP contribution in [0.1, 0.15) is 44.6 Å². The number of carbonyl (C=O) groups excluding carboxylic acids is 1. The molecule has 0 aliphatic heterocycles. The van der Waals surface area contributed by atoms with Crippen molar-refractivity contribution in [1.29, 1.82) is 0 Å². The minimum atomic E-state index is -0.762. The zero-order chi connectivity index (χ0) is 17.2. The number of halogens is 1. The van der Waals surface area contributed by atoms with Crippen LogP contribution in [0.5, 0.6) is 5.75 Å². The van der Waals surface area contributed by atoms with E-state index in [1.807, 2.05) is 6.92 Å². The standard InChI is InChI=1S/C17H24ClNO4/c1-12-11-14(8-9-15(12)18)23-13(2)17(22)19-10-6-4-3-5-7-16(20)21/h8-9,11,13H,3-7,10H2,1-2H3,(H,19,22)(H,20,21). The maximum absolute atomic E-state index is 11.9. The Bertz CT molecular complexity index is 533. The molecule has 0 aliphatic carbocycles. The number of aryl methyl sites for hydroxylation is 1. The zero-order valence-electron chi connectivity index (χ0n) is 13.6. The first kappa shape index (κ1) is 19.3. The van der Waals surface area contributed by atoms with Gasteiger partial charge in [-0.1, -0.05) is 24.4 Å². The van der Waals surface area contributed by atoms with Crippen molar-refractivity contribution in [3.63, 3.8) is 0 Å². The highest BCUT2D eigenvalue weighted by atomic mass is 35.5. The Morgan fingerprint density at radius 3 is 2.61 bits per heavy atom. The zero-order valence-corrected chi connectivity index (χ0v) is 14.4. The third-order valence-electron chi connectivity index (χ3n) is 3.43. The van der Waals surface area contributed by atoms with Crippen LogP contribution in [0, 0.1) is 6.92 Å². The molecular formula is C17H24ClNO4. The molecule has 0 bridgehead atoms. The van der Waals surface area contributed by atoms with E-state index < -0.39 is 12.1 Å². The minimum Gasteiger partial charge on any atom is -0.481 e. The van der Waals surface area contributed by atoms with Gasteiger partial charge in [-0.05, 0) is 50.5 Å². The number of amides is 1. The van der Waals surface area contributed by atoms with Crippen LogP contribution in [-0.2, 0) is 9.59 Å². The number of carbonyl (C=O) groups is 2. The van der Waals surface area contributed by atoms with E-state index in [1.54, 1.807) is 25.1 Å². The lowest BCUT2D eigenvalue weighted by molar-refractivity contribution is -0.137. The average Bonchev–Trinajstić information content (AvgIpc) is 2.49. The third kappa shape index (κ3) is 7.88. The van der Waals surface area contributed by atoms with Crippen LogP contribution < -0.4 is 10.1 Å². The normalized spacial score (nSPS) is 11.8. The summed E-state index contributed by atoms with van der Waals surface area (Å²) in [5, 5.41) is 12.0. The molecule has 0 aliphatic rings. The van der Waals surface area contributed by atoms with Gasteiger partial charge in [0.1, 0.15) is 5.75 Å². The first-order chi connectivity index (χ1) is 10.9. The predicted molar refractivity (Wildman–Crippen MR) is 90.0 cm³/mol. The third-order valence-corrected chi connectivity index (χ3v) is 3.85. The number of benzene rings is 1. The molecule has 0 spiro atoms. The number of carboxylic acid groups (broad SMARTS) is 1. The summed E-state index contributed by atoms with van der Waals surface area (Å²) >= 11 is 5.95. The van der Waals surface area contributed by atoms with Crippen molar-refractivity contribution in [2.75, 3.05) is 6.54 Å². The summed E-state index contributed by atoms with van der Waals surface area (Å²) in [6.07, 6.45) is 2.90. The van der Waals surface area contributed by atoms with E-state index in [2.05, 4.69) is 5.32 Å². The van der Waals surface area contributed by atoms with E-state index in [-0.39, 0.29) is 12.3 Å². The van der Waals surface area contributed by atoms with Gasteiger partial charge in [0, 0.05) is 18.0 Å². The van der Waals surface area contributed by atoms with Crippen molar-refractivity contribution in [3.05, 3.63) is 28.8 Å². The predicted octanol–water partition coefficient (Wildman–Crippen LogP) is 3.57. The van der Waals surface area contributed by atoms with Gasteiger partial charge in [0.2, 0.25) is 0 Å². The minimum absolute atomic E-state index is 0.164. The molecule has 0 heterocycles.